The third kappa shape index (κ3) is 2.41. The van der Waals surface area contributed by atoms with Crippen LogP contribution in [-0.2, 0) is 5.60 Å². The molecule has 1 aromatic carbocycles. The lowest BCUT2D eigenvalue weighted by molar-refractivity contribution is 0.136. The van der Waals surface area contributed by atoms with E-state index in [1.165, 1.54) is 12.8 Å². The number of benzene rings is 1. The number of hydrogen-bond donors (Lipinski definition) is 1. The highest BCUT2D eigenvalue weighted by molar-refractivity contribution is 6.31. The molecule has 3 rings (SSSR count). The van der Waals surface area contributed by atoms with Crippen LogP contribution in [0, 0.1) is 0 Å². The van der Waals surface area contributed by atoms with Gasteiger partial charge >= 0.3 is 0 Å². The molecule has 2 saturated carbocycles. The van der Waals surface area contributed by atoms with Crippen LogP contribution in [0.4, 0.5) is 0 Å². The van der Waals surface area contributed by atoms with Crippen molar-refractivity contribution >= 4 is 11.6 Å². The van der Waals surface area contributed by atoms with Gasteiger partial charge in [-0.1, -0.05) is 11.6 Å². The summed E-state index contributed by atoms with van der Waals surface area (Å²) in [5.74, 6) is 1.30. The van der Waals surface area contributed by atoms with Crippen molar-refractivity contribution in [3.63, 3.8) is 0 Å². The zero-order chi connectivity index (χ0) is 13.5. The quantitative estimate of drug-likeness (QED) is 0.916. The molecule has 0 saturated heterocycles. The second-order valence-corrected chi connectivity index (χ2v) is 5.92. The van der Waals surface area contributed by atoms with Crippen molar-refractivity contribution in [1.82, 2.24) is 0 Å². The number of methoxy groups -OCH3 is 1. The average molecular weight is 283 g/mol. The fourth-order valence-electron chi connectivity index (χ4n) is 2.79. The first-order valence-corrected chi connectivity index (χ1v) is 7.28. The summed E-state index contributed by atoms with van der Waals surface area (Å²) < 4.78 is 11.5. The fraction of sp³-hybridized carbons (Fsp3) is 0.600. The Morgan fingerprint density at radius 2 is 1.95 bits per heavy atom. The van der Waals surface area contributed by atoms with Crippen LogP contribution in [0.3, 0.4) is 0 Å². The maximum Gasteiger partial charge on any atom is 0.169 e. The first-order chi connectivity index (χ1) is 9.14. The zero-order valence-electron chi connectivity index (χ0n) is 11.1. The van der Waals surface area contributed by atoms with Crippen LogP contribution >= 0.6 is 11.6 Å². The Hall–Kier alpha value is -0.930. The van der Waals surface area contributed by atoms with Crippen LogP contribution in [0.25, 0.3) is 0 Å². The molecule has 0 aromatic heterocycles. The van der Waals surface area contributed by atoms with E-state index < -0.39 is 5.60 Å². The van der Waals surface area contributed by atoms with Crippen molar-refractivity contribution in [2.24, 2.45) is 0 Å². The minimum Gasteiger partial charge on any atom is -0.493 e. The van der Waals surface area contributed by atoms with Gasteiger partial charge in [-0.05, 0) is 50.7 Å². The van der Waals surface area contributed by atoms with E-state index in [4.69, 9.17) is 21.1 Å². The van der Waals surface area contributed by atoms with Gasteiger partial charge in [-0.2, -0.15) is 0 Å². The van der Waals surface area contributed by atoms with Crippen molar-refractivity contribution in [2.45, 2.75) is 50.2 Å². The normalized spacial score (nSPS) is 21.4. The maximum absolute atomic E-state index is 10.4. The summed E-state index contributed by atoms with van der Waals surface area (Å²) in [4.78, 5) is 0. The molecule has 0 spiro atoms. The summed E-state index contributed by atoms with van der Waals surface area (Å²) in [6.45, 7) is 0. The van der Waals surface area contributed by atoms with Crippen LogP contribution in [0.15, 0.2) is 12.1 Å². The van der Waals surface area contributed by atoms with Gasteiger partial charge in [0.2, 0.25) is 0 Å². The van der Waals surface area contributed by atoms with Crippen molar-refractivity contribution in [1.29, 1.82) is 0 Å². The molecule has 0 unspecified atom stereocenters. The van der Waals surface area contributed by atoms with Crippen molar-refractivity contribution in [2.75, 3.05) is 7.11 Å². The lowest BCUT2D eigenvalue weighted by Gasteiger charge is -2.22. The third-order valence-electron chi connectivity index (χ3n) is 4.07. The van der Waals surface area contributed by atoms with Gasteiger partial charge in [-0.25, -0.2) is 0 Å². The van der Waals surface area contributed by atoms with Crippen LogP contribution in [-0.4, -0.2) is 18.3 Å². The second-order valence-electron chi connectivity index (χ2n) is 5.51. The highest BCUT2D eigenvalue weighted by Gasteiger charge is 2.47. The van der Waals surface area contributed by atoms with Crippen molar-refractivity contribution < 1.29 is 14.6 Å². The third-order valence-corrected chi connectivity index (χ3v) is 4.38. The SMILES string of the molecule is COc1ccc(Cl)c(C2(O)CC2)c1OC1CCCC1. The number of rotatable bonds is 4. The molecule has 2 aliphatic carbocycles. The molecule has 0 atom stereocenters. The lowest BCUT2D eigenvalue weighted by atomic mass is 10.1. The molecule has 19 heavy (non-hydrogen) atoms. The van der Waals surface area contributed by atoms with Gasteiger partial charge in [0.15, 0.2) is 11.5 Å². The molecule has 0 heterocycles. The molecule has 0 bridgehead atoms. The molecule has 2 aliphatic rings. The van der Waals surface area contributed by atoms with E-state index in [-0.39, 0.29) is 6.10 Å². The minimum absolute atomic E-state index is 0.216. The number of ether oxygens (including phenoxy) is 2. The fourth-order valence-corrected chi connectivity index (χ4v) is 3.12. The van der Waals surface area contributed by atoms with E-state index in [0.29, 0.717) is 22.1 Å². The molecule has 0 amide bonds. The molecule has 1 N–H and O–H groups in total. The predicted octanol–water partition coefficient (Wildman–Crippen LogP) is 3.65. The average Bonchev–Trinajstić information content (AvgIpc) is 2.91. The van der Waals surface area contributed by atoms with Crippen LogP contribution < -0.4 is 9.47 Å². The molecule has 4 heteroatoms. The lowest BCUT2D eigenvalue weighted by Crippen LogP contribution is -2.16. The molecule has 2 fully saturated rings. The molecular weight excluding hydrogens is 264 g/mol. The predicted molar refractivity (Wildman–Crippen MR) is 74.0 cm³/mol. The Balaban J connectivity index is 2.00. The topological polar surface area (TPSA) is 38.7 Å². The van der Waals surface area contributed by atoms with E-state index in [0.717, 1.165) is 25.7 Å². The highest BCUT2D eigenvalue weighted by atomic mass is 35.5. The Kier molecular flexibility index (Phi) is 3.35. The van der Waals surface area contributed by atoms with Gasteiger partial charge in [0.25, 0.3) is 0 Å². The van der Waals surface area contributed by atoms with Crippen LogP contribution in [0.1, 0.15) is 44.1 Å². The molecule has 104 valence electrons. The second kappa shape index (κ2) is 4.88. The summed E-state index contributed by atoms with van der Waals surface area (Å²) in [7, 11) is 1.62. The van der Waals surface area contributed by atoms with Gasteiger partial charge in [-0.3, -0.25) is 0 Å². The van der Waals surface area contributed by atoms with Gasteiger partial charge < -0.3 is 14.6 Å². The summed E-state index contributed by atoms with van der Waals surface area (Å²) >= 11 is 6.27. The first kappa shape index (κ1) is 13.1. The van der Waals surface area contributed by atoms with Gasteiger partial charge in [0.05, 0.1) is 23.8 Å². The van der Waals surface area contributed by atoms with E-state index in [1.807, 2.05) is 6.07 Å². The molecule has 1 aromatic rings. The van der Waals surface area contributed by atoms with Crippen LogP contribution in [0.5, 0.6) is 11.5 Å². The Labute approximate surface area is 118 Å². The highest BCUT2D eigenvalue weighted by Crippen LogP contribution is 2.54. The van der Waals surface area contributed by atoms with E-state index in [1.54, 1.807) is 13.2 Å². The standard InChI is InChI=1S/C15H19ClO3/c1-18-12-7-6-11(16)13(15(17)8-9-15)14(12)19-10-4-2-3-5-10/h6-7,10,17H,2-5,8-9H2,1H3. The Morgan fingerprint density at radius 3 is 2.53 bits per heavy atom. The number of halogens is 1. The number of hydrogen-bond acceptors (Lipinski definition) is 3. The molecule has 0 aliphatic heterocycles. The molecular formula is C15H19ClO3. The summed E-state index contributed by atoms with van der Waals surface area (Å²) in [6.07, 6.45) is 6.22. The van der Waals surface area contributed by atoms with Crippen LogP contribution in [0.2, 0.25) is 5.02 Å². The Morgan fingerprint density at radius 1 is 1.26 bits per heavy atom. The van der Waals surface area contributed by atoms with Gasteiger partial charge in [0, 0.05) is 5.56 Å². The van der Waals surface area contributed by atoms with E-state index in [9.17, 15) is 5.11 Å². The Bertz CT molecular complexity index is 477. The molecule has 0 radical (unpaired) electrons. The zero-order valence-corrected chi connectivity index (χ0v) is 11.9. The van der Waals surface area contributed by atoms with Gasteiger partial charge in [-0.15, -0.1) is 0 Å². The smallest absolute Gasteiger partial charge is 0.169 e. The first-order valence-electron chi connectivity index (χ1n) is 6.90. The summed E-state index contributed by atoms with van der Waals surface area (Å²) in [6, 6.07) is 3.58. The number of aliphatic hydroxyl groups is 1. The van der Waals surface area contributed by atoms with E-state index in [2.05, 4.69) is 0 Å². The minimum atomic E-state index is -0.820. The summed E-state index contributed by atoms with van der Waals surface area (Å²) in [5.41, 5.74) is -0.111. The van der Waals surface area contributed by atoms with Crippen molar-refractivity contribution in [3.8, 4) is 11.5 Å². The van der Waals surface area contributed by atoms with E-state index >= 15 is 0 Å². The summed E-state index contributed by atoms with van der Waals surface area (Å²) in [5, 5.41) is 11.0. The monoisotopic (exact) mass is 282 g/mol. The van der Waals surface area contributed by atoms with Crippen molar-refractivity contribution in [3.05, 3.63) is 22.7 Å². The molecule has 3 nitrogen and oxygen atoms in total. The maximum atomic E-state index is 10.4. The largest absolute Gasteiger partial charge is 0.493 e. The van der Waals surface area contributed by atoms with Gasteiger partial charge in [0.1, 0.15) is 0 Å².